The number of carbonyl (C=O) groups excluding carboxylic acids is 1. The van der Waals surface area contributed by atoms with Crippen LogP contribution in [0.3, 0.4) is 0 Å². The second-order valence-electron chi connectivity index (χ2n) is 3.71. The number of rotatable bonds is 3. The van der Waals surface area contributed by atoms with Crippen LogP contribution in [0.15, 0.2) is 52.3 Å². The Kier molecular flexibility index (Phi) is 3.77. The van der Waals surface area contributed by atoms with Crippen LogP contribution in [0.25, 0.3) is 0 Å². The van der Waals surface area contributed by atoms with Gasteiger partial charge in [0.25, 0.3) is 0 Å². The van der Waals surface area contributed by atoms with Crippen molar-refractivity contribution in [3.63, 3.8) is 0 Å². The van der Waals surface area contributed by atoms with Crippen LogP contribution in [0, 0.1) is 11.6 Å². The van der Waals surface area contributed by atoms with Crippen LogP contribution in [0.4, 0.5) is 8.78 Å². The van der Waals surface area contributed by atoms with Crippen LogP contribution in [0.2, 0.25) is 0 Å². The standard InChI is InChI=1S/C14H10F2OS/c1-9(17)10-5-4-7-12(16)14(10)18-13-8-3-2-6-11(13)15/h2-8H,1H3. The predicted molar refractivity (Wildman–Crippen MR) is 66.9 cm³/mol. The molecule has 0 saturated heterocycles. The van der Waals surface area contributed by atoms with Gasteiger partial charge in [-0.3, -0.25) is 4.79 Å². The first-order valence-corrected chi connectivity index (χ1v) is 6.13. The van der Waals surface area contributed by atoms with Crippen molar-refractivity contribution in [2.75, 3.05) is 0 Å². The number of hydrogen-bond donors (Lipinski definition) is 0. The number of benzene rings is 2. The molecule has 2 rings (SSSR count). The Balaban J connectivity index is 2.46. The highest BCUT2D eigenvalue weighted by Crippen LogP contribution is 2.34. The molecule has 1 nitrogen and oxygen atoms in total. The molecule has 0 N–H and O–H groups in total. The minimum atomic E-state index is -0.518. The van der Waals surface area contributed by atoms with Crippen molar-refractivity contribution in [3.8, 4) is 0 Å². The van der Waals surface area contributed by atoms with E-state index in [1.54, 1.807) is 18.2 Å². The fourth-order valence-electron chi connectivity index (χ4n) is 1.53. The van der Waals surface area contributed by atoms with Crippen molar-refractivity contribution >= 4 is 17.5 Å². The van der Waals surface area contributed by atoms with Crippen LogP contribution in [0.5, 0.6) is 0 Å². The Hall–Kier alpha value is -1.68. The highest BCUT2D eigenvalue weighted by atomic mass is 32.2. The minimum absolute atomic E-state index is 0.162. The first kappa shape index (κ1) is 12.8. The largest absolute Gasteiger partial charge is 0.294 e. The molecule has 0 saturated carbocycles. The highest BCUT2D eigenvalue weighted by molar-refractivity contribution is 7.99. The second kappa shape index (κ2) is 5.31. The topological polar surface area (TPSA) is 17.1 Å². The fraction of sp³-hybridized carbons (Fsp3) is 0.0714. The number of halogens is 2. The molecule has 0 fully saturated rings. The van der Waals surface area contributed by atoms with E-state index in [1.807, 2.05) is 0 Å². The van der Waals surface area contributed by atoms with Gasteiger partial charge in [0, 0.05) is 10.5 Å². The monoisotopic (exact) mass is 264 g/mol. The van der Waals surface area contributed by atoms with Crippen LogP contribution in [-0.4, -0.2) is 5.78 Å². The third kappa shape index (κ3) is 2.59. The molecular formula is C14H10F2OS. The van der Waals surface area contributed by atoms with Crippen LogP contribution in [-0.2, 0) is 0 Å². The molecule has 0 radical (unpaired) electrons. The zero-order valence-electron chi connectivity index (χ0n) is 9.61. The summed E-state index contributed by atoms with van der Waals surface area (Å²) >= 11 is 0.925. The zero-order chi connectivity index (χ0) is 13.1. The van der Waals surface area contributed by atoms with Gasteiger partial charge in [-0.25, -0.2) is 8.78 Å². The van der Waals surface area contributed by atoms with Crippen LogP contribution < -0.4 is 0 Å². The summed E-state index contributed by atoms with van der Waals surface area (Å²) in [5.74, 6) is -1.19. The zero-order valence-corrected chi connectivity index (χ0v) is 10.4. The third-order valence-electron chi connectivity index (χ3n) is 2.39. The first-order valence-electron chi connectivity index (χ1n) is 5.31. The molecule has 0 aliphatic rings. The van der Waals surface area contributed by atoms with Gasteiger partial charge in [0.15, 0.2) is 5.78 Å². The summed E-state index contributed by atoms with van der Waals surface area (Å²) in [5, 5.41) is 0. The van der Waals surface area contributed by atoms with E-state index in [4.69, 9.17) is 0 Å². The molecule has 0 atom stereocenters. The molecule has 0 aliphatic carbocycles. The maximum atomic E-state index is 13.7. The lowest BCUT2D eigenvalue weighted by atomic mass is 10.1. The Bertz CT molecular complexity index is 596. The molecule has 0 aromatic heterocycles. The van der Waals surface area contributed by atoms with Gasteiger partial charge >= 0.3 is 0 Å². The van der Waals surface area contributed by atoms with Gasteiger partial charge in [0.2, 0.25) is 0 Å². The molecule has 4 heteroatoms. The lowest BCUT2D eigenvalue weighted by Crippen LogP contribution is -1.97. The molecule has 0 aliphatic heterocycles. The van der Waals surface area contributed by atoms with Crippen molar-refractivity contribution in [3.05, 3.63) is 59.7 Å². The van der Waals surface area contributed by atoms with Gasteiger partial charge in [-0.2, -0.15) is 0 Å². The minimum Gasteiger partial charge on any atom is -0.294 e. The summed E-state index contributed by atoms with van der Waals surface area (Å²) in [6.07, 6.45) is 0. The van der Waals surface area contributed by atoms with Crippen molar-refractivity contribution in [2.24, 2.45) is 0 Å². The molecule has 0 heterocycles. The maximum Gasteiger partial charge on any atom is 0.161 e. The second-order valence-corrected chi connectivity index (χ2v) is 4.76. The van der Waals surface area contributed by atoms with Gasteiger partial charge in [0.1, 0.15) is 11.6 Å². The maximum absolute atomic E-state index is 13.7. The Morgan fingerprint density at radius 2 is 1.67 bits per heavy atom. The summed E-state index contributed by atoms with van der Waals surface area (Å²) in [5.41, 5.74) is 0.267. The summed E-state index contributed by atoms with van der Waals surface area (Å²) in [6.45, 7) is 1.36. The molecular weight excluding hydrogens is 254 g/mol. The summed E-state index contributed by atoms with van der Waals surface area (Å²) < 4.78 is 27.2. The molecule has 0 bridgehead atoms. The van der Waals surface area contributed by atoms with E-state index < -0.39 is 11.6 Å². The number of hydrogen-bond acceptors (Lipinski definition) is 2. The van der Waals surface area contributed by atoms with E-state index in [-0.39, 0.29) is 16.2 Å². The predicted octanol–water partition coefficient (Wildman–Crippen LogP) is 4.32. The van der Waals surface area contributed by atoms with E-state index in [0.29, 0.717) is 4.90 Å². The van der Waals surface area contributed by atoms with E-state index >= 15 is 0 Å². The van der Waals surface area contributed by atoms with Crippen molar-refractivity contribution in [1.82, 2.24) is 0 Å². The SMILES string of the molecule is CC(=O)c1cccc(F)c1Sc1ccccc1F. The first-order chi connectivity index (χ1) is 8.59. The summed E-state index contributed by atoms with van der Waals surface area (Å²) in [4.78, 5) is 11.9. The lowest BCUT2D eigenvalue weighted by molar-refractivity contribution is 0.101. The number of carbonyl (C=O) groups is 1. The average Bonchev–Trinajstić information content (AvgIpc) is 2.34. The van der Waals surface area contributed by atoms with E-state index in [1.165, 1.54) is 31.2 Å². The quantitative estimate of drug-likeness (QED) is 0.768. The normalized spacial score (nSPS) is 10.4. The highest BCUT2D eigenvalue weighted by Gasteiger charge is 2.14. The molecule has 18 heavy (non-hydrogen) atoms. The van der Waals surface area contributed by atoms with Gasteiger partial charge in [0.05, 0.1) is 4.90 Å². The van der Waals surface area contributed by atoms with Gasteiger partial charge in [-0.1, -0.05) is 36.0 Å². The smallest absolute Gasteiger partial charge is 0.161 e. The molecule has 0 amide bonds. The molecule has 0 unspecified atom stereocenters. The van der Waals surface area contributed by atoms with Gasteiger partial charge < -0.3 is 0 Å². The molecule has 2 aromatic rings. The van der Waals surface area contributed by atoms with E-state index in [0.717, 1.165) is 11.8 Å². The van der Waals surface area contributed by atoms with E-state index in [9.17, 15) is 13.6 Å². The van der Waals surface area contributed by atoms with Crippen LogP contribution >= 0.6 is 11.8 Å². The third-order valence-corrected chi connectivity index (χ3v) is 3.56. The van der Waals surface area contributed by atoms with Crippen molar-refractivity contribution < 1.29 is 13.6 Å². The molecule has 0 spiro atoms. The lowest BCUT2D eigenvalue weighted by Gasteiger charge is -2.08. The summed E-state index contributed by atoms with van der Waals surface area (Å²) in [7, 11) is 0. The summed E-state index contributed by atoms with van der Waals surface area (Å²) in [6, 6.07) is 10.3. The Morgan fingerprint density at radius 3 is 2.33 bits per heavy atom. The van der Waals surface area contributed by atoms with E-state index in [2.05, 4.69) is 0 Å². The van der Waals surface area contributed by atoms with Crippen molar-refractivity contribution in [2.45, 2.75) is 16.7 Å². The molecule has 92 valence electrons. The van der Waals surface area contributed by atoms with Crippen LogP contribution in [0.1, 0.15) is 17.3 Å². The average molecular weight is 264 g/mol. The Morgan fingerprint density at radius 1 is 1.00 bits per heavy atom. The number of ketones is 1. The van der Waals surface area contributed by atoms with Crippen molar-refractivity contribution in [1.29, 1.82) is 0 Å². The fourth-order valence-corrected chi connectivity index (χ4v) is 2.55. The Labute approximate surface area is 108 Å². The van der Waals surface area contributed by atoms with Gasteiger partial charge in [-0.15, -0.1) is 0 Å². The van der Waals surface area contributed by atoms with Gasteiger partial charge in [-0.05, 0) is 25.1 Å². The number of Topliss-reactive ketones (excluding diaryl/α,β-unsaturated/α-hetero) is 1. The molecule has 2 aromatic carbocycles.